The molecule has 0 aromatic heterocycles. The molecule has 16 heavy (non-hydrogen) atoms. The summed E-state index contributed by atoms with van der Waals surface area (Å²) >= 11 is 6.08. The van der Waals surface area contributed by atoms with Gasteiger partial charge >= 0.3 is 0 Å². The van der Waals surface area contributed by atoms with Crippen LogP contribution in [0.15, 0.2) is 24.2 Å². The van der Waals surface area contributed by atoms with E-state index in [-0.39, 0.29) is 12.8 Å². The van der Waals surface area contributed by atoms with Gasteiger partial charge in [-0.1, -0.05) is 36.1 Å². The summed E-state index contributed by atoms with van der Waals surface area (Å²) in [4.78, 5) is 12.7. The normalized spacial score (nSPS) is 37.8. The van der Waals surface area contributed by atoms with Crippen LogP contribution in [0.4, 0.5) is 0 Å². The van der Waals surface area contributed by atoms with Crippen molar-refractivity contribution in [3.8, 4) is 0 Å². The second-order valence-corrected chi connectivity index (χ2v) is 3.95. The number of benzene rings is 1. The van der Waals surface area contributed by atoms with Gasteiger partial charge < -0.3 is 5.32 Å². The predicted octanol–water partition coefficient (Wildman–Crippen LogP) is 2.90. The average molecular weight is 247 g/mol. The highest BCUT2D eigenvalue weighted by atomic mass is 35.5. The number of likely N-dealkylation sites (N-methyl/N-ethyl adjacent to an activating group) is 1. The third kappa shape index (κ3) is 1.76. The maximum atomic E-state index is 12.7. The van der Waals surface area contributed by atoms with Crippen LogP contribution in [0.3, 0.4) is 0 Å². The van der Waals surface area contributed by atoms with Crippen LogP contribution >= 0.6 is 11.6 Å². The number of halogens is 1. The molecule has 0 spiro atoms. The molecule has 1 saturated carbocycles. The average Bonchev–Trinajstić information content (AvgIpc) is 2.45. The summed E-state index contributed by atoms with van der Waals surface area (Å²) in [6.07, 6.45) is -2.90. The minimum Gasteiger partial charge on any atom is -0.304 e. The first-order chi connectivity index (χ1) is 11.2. The van der Waals surface area contributed by atoms with Gasteiger partial charge in [-0.3, -0.25) is 4.79 Å². The van der Waals surface area contributed by atoms with Crippen LogP contribution in [0.2, 0.25) is 5.02 Å². The summed E-state index contributed by atoms with van der Waals surface area (Å²) in [5.74, 6) is -0.675. The fraction of sp³-hybridized carbons (Fsp3) is 0.462. The number of rotatable bonds is 2. The monoisotopic (exact) mass is 246 g/mol. The van der Waals surface area contributed by atoms with Crippen molar-refractivity contribution in [1.82, 2.24) is 5.32 Å². The standard InChI is InChI=1S/C13H16ClNO/c1-15-13(9-5-4-8-12(13)16)10-6-2-3-7-11(10)14/h2-3,6-7,15H,4-5,8-9H2,1H3/i1D3,2D,3D,5D2,6D,7D. The highest BCUT2D eigenvalue weighted by Gasteiger charge is 2.40. The van der Waals surface area contributed by atoms with E-state index >= 15 is 0 Å². The van der Waals surface area contributed by atoms with Gasteiger partial charge in [0.2, 0.25) is 0 Å². The van der Waals surface area contributed by atoms with Crippen molar-refractivity contribution in [3.05, 3.63) is 34.8 Å². The van der Waals surface area contributed by atoms with Crippen LogP contribution in [-0.4, -0.2) is 12.8 Å². The Bertz CT molecular complexity index is 700. The molecule has 1 aromatic carbocycles. The van der Waals surface area contributed by atoms with E-state index in [0.717, 1.165) is 0 Å². The maximum absolute atomic E-state index is 12.7. The van der Waals surface area contributed by atoms with Gasteiger partial charge in [0.25, 0.3) is 0 Å². The van der Waals surface area contributed by atoms with Crippen molar-refractivity contribution in [1.29, 1.82) is 0 Å². The maximum Gasteiger partial charge on any atom is 0.157 e. The number of nitrogens with one attached hydrogen (secondary N) is 1. The molecule has 3 heteroatoms. The zero-order valence-corrected chi connectivity index (χ0v) is 9.16. The Morgan fingerprint density at radius 1 is 1.62 bits per heavy atom. The Morgan fingerprint density at radius 2 is 2.44 bits per heavy atom. The second-order valence-electron chi connectivity index (χ2n) is 3.57. The van der Waals surface area contributed by atoms with Crippen molar-refractivity contribution in [2.45, 2.75) is 31.2 Å². The van der Waals surface area contributed by atoms with E-state index in [4.69, 9.17) is 23.9 Å². The van der Waals surface area contributed by atoms with E-state index in [9.17, 15) is 4.79 Å². The number of hydrogen-bond acceptors (Lipinski definition) is 2. The van der Waals surface area contributed by atoms with Crippen LogP contribution in [0, 0.1) is 0 Å². The van der Waals surface area contributed by atoms with E-state index in [2.05, 4.69) is 5.32 Å². The Balaban J connectivity index is 2.85. The van der Waals surface area contributed by atoms with Crippen LogP contribution in [0.25, 0.3) is 0 Å². The molecule has 1 atom stereocenters. The molecule has 0 amide bonds. The predicted molar refractivity (Wildman–Crippen MR) is 65.7 cm³/mol. The van der Waals surface area contributed by atoms with Gasteiger partial charge in [0.05, 0.1) is 5.48 Å². The number of Topliss-reactive ketones (excluding diaryl/α,β-unsaturated/α-hetero) is 1. The Morgan fingerprint density at radius 3 is 3.25 bits per heavy atom. The van der Waals surface area contributed by atoms with Crippen LogP contribution in [-0.2, 0) is 10.3 Å². The van der Waals surface area contributed by atoms with Gasteiger partial charge in [-0.25, -0.2) is 0 Å². The van der Waals surface area contributed by atoms with Crippen LogP contribution in [0.5, 0.6) is 0 Å². The van der Waals surface area contributed by atoms with Gasteiger partial charge in [-0.2, -0.15) is 0 Å². The Labute approximate surface area is 114 Å². The molecule has 0 saturated heterocycles. The van der Waals surface area contributed by atoms with E-state index in [0.29, 0.717) is 0 Å². The molecular formula is C13H16ClNO. The zero-order valence-electron chi connectivity index (χ0n) is 17.4. The number of carbonyl (C=O) groups is 1. The summed E-state index contributed by atoms with van der Waals surface area (Å²) in [5.41, 5.74) is -2.59. The van der Waals surface area contributed by atoms with Crippen molar-refractivity contribution in [2.24, 2.45) is 0 Å². The topological polar surface area (TPSA) is 29.1 Å². The smallest absolute Gasteiger partial charge is 0.157 e. The second kappa shape index (κ2) is 4.56. The third-order valence-corrected chi connectivity index (χ3v) is 2.96. The minimum absolute atomic E-state index is 0.112. The van der Waals surface area contributed by atoms with E-state index < -0.39 is 65.8 Å². The fourth-order valence-corrected chi connectivity index (χ4v) is 2.04. The summed E-state index contributed by atoms with van der Waals surface area (Å²) < 4.78 is 69.7. The van der Waals surface area contributed by atoms with Crippen molar-refractivity contribution >= 4 is 17.4 Å². The molecule has 1 fully saturated rings. The SMILES string of the molecule is [2H]c1c([2H])c([2H])c(C2(NC([2H])([2H])[2H])CC([2H])([2H])CCC2=O)c(Cl)c1[2H]. The fourth-order valence-electron chi connectivity index (χ4n) is 1.79. The lowest BCUT2D eigenvalue weighted by Crippen LogP contribution is -2.49. The molecule has 1 aliphatic carbocycles. The number of ketones is 1. The van der Waals surface area contributed by atoms with Crippen LogP contribution < -0.4 is 5.32 Å². The molecule has 0 heterocycles. The highest BCUT2D eigenvalue weighted by Crippen LogP contribution is 2.37. The first-order valence-corrected chi connectivity index (χ1v) is 5.19. The molecule has 2 rings (SSSR count). The zero-order chi connectivity index (χ0) is 19.4. The Hall–Kier alpha value is -0.860. The third-order valence-electron chi connectivity index (χ3n) is 2.68. The molecule has 0 radical (unpaired) electrons. The van der Waals surface area contributed by atoms with E-state index in [1.54, 1.807) is 0 Å². The highest BCUT2D eigenvalue weighted by molar-refractivity contribution is 6.31. The molecule has 2 nitrogen and oxygen atoms in total. The quantitative estimate of drug-likeness (QED) is 0.870. The summed E-state index contributed by atoms with van der Waals surface area (Å²) in [5, 5.41) is 1.64. The Kier molecular flexibility index (Phi) is 1.36. The molecule has 0 aliphatic heterocycles. The molecule has 1 aromatic rings. The van der Waals surface area contributed by atoms with Gasteiger partial charge in [-0.05, 0) is 31.4 Å². The van der Waals surface area contributed by atoms with Crippen molar-refractivity contribution in [2.75, 3.05) is 6.98 Å². The molecule has 1 aliphatic rings. The van der Waals surface area contributed by atoms with Gasteiger partial charge in [-0.15, -0.1) is 0 Å². The largest absolute Gasteiger partial charge is 0.304 e. The van der Waals surface area contributed by atoms with Crippen molar-refractivity contribution in [3.63, 3.8) is 0 Å². The minimum atomic E-state index is -2.86. The molecule has 1 unspecified atom stereocenters. The van der Waals surface area contributed by atoms with Gasteiger partial charge in [0, 0.05) is 18.3 Å². The van der Waals surface area contributed by atoms with Crippen LogP contribution in [0.1, 0.15) is 43.5 Å². The van der Waals surface area contributed by atoms with E-state index in [1.807, 2.05) is 0 Å². The molecular weight excluding hydrogens is 222 g/mol. The molecule has 0 bridgehead atoms. The van der Waals surface area contributed by atoms with Gasteiger partial charge in [0.15, 0.2) is 5.78 Å². The number of carbonyl (C=O) groups excluding carboxylic acids is 1. The number of hydrogen-bond donors (Lipinski definition) is 1. The first kappa shape index (κ1) is 4.79. The molecule has 86 valence electrons. The lowest BCUT2D eigenvalue weighted by Gasteiger charge is -2.36. The van der Waals surface area contributed by atoms with Gasteiger partial charge in [0.1, 0.15) is 5.54 Å². The lowest BCUT2D eigenvalue weighted by molar-refractivity contribution is -0.127. The van der Waals surface area contributed by atoms with E-state index in [1.165, 1.54) is 0 Å². The summed E-state index contributed by atoms with van der Waals surface area (Å²) in [6, 6.07) is -2.55. The first-order valence-electron chi connectivity index (χ1n) is 9.31. The lowest BCUT2D eigenvalue weighted by atomic mass is 9.75. The van der Waals surface area contributed by atoms with Crippen molar-refractivity contribution < 1.29 is 17.1 Å². The summed E-state index contributed by atoms with van der Waals surface area (Å²) in [6.45, 7) is -2.86. The summed E-state index contributed by atoms with van der Waals surface area (Å²) in [7, 11) is 0. The molecule has 1 N–H and O–H groups in total.